The van der Waals surface area contributed by atoms with Crippen molar-refractivity contribution in [1.82, 2.24) is 15.5 Å². The van der Waals surface area contributed by atoms with Crippen molar-refractivity contribution in [3.8, 4) is 0 Å². The van der Waals surface area contributed by atoms with Gasteiger partial charge in [0.1, 0.15) is 0 Å². The maximum absolute atomic E-state index is 11.8. The first-order chi connectivity index (χ1) is 8.25. The minimum atomic E-state index is -0.0195. The summed E-state index contributed by atoms with van der Waals surface area (Å²) in [6, 6.07) is 0.225. The van der Waals surface area contributed by atoms with Gasteiger partial charge in [0.05, 0.1) is 6.54 Å². The van der Waals surface area contributed by atoms with Crippen molar-refractivity contribution in [3.05, 3.63) is 0 Å². The first-order valence-electron chi connectivity index (χ1n) is 6.53. The molecule has 0 radical (unpaired) electrons. The average molecular weight is 239 g/mol. The lowest BCUT2D eigenvalue weighted by Gasteiger charge is -2.19. The Morgan fingerprint density at radius 1 is 1.41 bits per heavy atom. The largest absolute Gasteiger partial charge is 0.351 e. The Hall–Kier alpha value is -1.10. The molecule has 0 bridgehead atoms. The summed E-state index contributed by atoms with van der Waals surface area (Å²) in [6.07, 6.45) is 4.85. The molecule has 96 valence electrons. The first kappa shape index (κ1) is 12.4. The van der Waals surface area contributed by atoms with Gasteiger partial charge in [-0.3, -0.25) is 9.59 Å². The second-order valence-electron chi connectivity index (χ2n) is 4.88. The third kappa shape index (κ3) is 3.70. The second-order valence-corrected chi connectivity index (χ2v) is 4.88. The minimum absolute atomic E-state index is 0.0195. The van der Waals surface area contributed by atoms with Crippen molar-refractivity contribution in [1.29, 1.82) is 0 Å². The van der Waals surface area contributed by atoms with Gasteiger partial charge in [-0.2, -0.15) is 0 Å². The molecule has 5 heteroatoms. The summed E-state index contributed by atoms with van der Waals surface area (Å²) in [4.78, 5) is 24.8. The third-order valence-corrected chi connectivity index (χ3v) is 3.42. The molecular weight excluding hydrogens is 218 g/mol. The van der Waals surface area contributed by atoms with Gasteiger partial charge in [0.2, 0.25) is 11.8 Å². The van der Waals surface area contributed by atoms with Crippen LogP contribution in [0.2, 0.25) is 0 Å². The summed E-state index contributed by atoms with van der Waals surface area (Å²) >= 11 is 0. The summed E-state index contributed by atoms with van der Waals surface area (Å²) in [5.41, 5.74) is 0. The highest BCUT2D eigenvalue weighted by atomic mass is 16.2. The summed E-state index contributed by atoms with van der Waals surface area (Å²) in [6.45, 7) is 2.85. The van der Waals surface area contributed by atoms with E-state index in [2.05, 4.69) is 10.6 Å². The van der Waals surface area contributed by atoms with Crippen molar-refractivity contribution >= 4 is 11.8 Å². The molecule has 2 fully saturated rings. The van der Waals surface area contributed by atoms with Crippen LogP contribution in [0.4, 0.5) is 0 Å². The number of hydrogen-bond acceptors (Lipinski definition) is 3. The summed E-state index contributed by atoms with van der Waals surface area (Å²) in [5.74, 6) is 0.0908. The fourth-order valence-electron chi connectivity index (χ4n) is 2.46. The van der Waals surface area contributed by atoms with Crippen LogP contribution in [0.15, 0.2) is 0 Å². The van der Waals surface area contributed by atoms with Crippen LogP contribution in [0.5, 0.6) is 0 Å². The molecule has 2 aliphatic heterocycles. The lowest BCUT2D eigenvalue weighted by molar-refractivity contribution is -0.133. The van der Waals surface area contributed by atoms with E-state index in [9.17, 15) is 9.59 Å². The van der Waals surface area contributed by atoms with Crippen LogP contribution in [-0.2, 0) is 9.59 Å². The normalized spacial score (nSPS) is 25.8. The zero-order valence-corrected chi connectivity index (χ0v) is 10.2. The molecule has 0 aromatic heterocycles. The molecule has 2 aliphatic rings. The summed E-state index contributed by atoms with van der Waals surface area (Å²) < 4.78 is 0. The minimum Gasteiger partial charge on any atom is -0.351 e. The molecule has 0 spiro atoms. The van der Waals surface area contributed by atoms with E-state index in [4.69, 9.17) is 0 Å². The molecule has 0 aromatic carbocycles. The Morgan fingerprint density at radius 2 is 2.29 bits per heavy atom. The van der Waals surface area contributed by atoms with Gasteiger partial charge >= 0.3 is 0 Å². The quantitative estimate of drug-likeness (QED) is 0.721. The number of likely N-dealkylation sites (tertiary alicyclic amines) is 1. The van der Waals surface area contributed by atoms with Crippen molar-refractivity contribution in [2.24, 2.45) is 0 Å². The molecule has 0 aliphatic carbocycles. The number of rotatable bonds is 3. The zero-order chi connectivity index (χ0) is 12.1. The zero-order valence-electron chi connectivity index (χ0n) is 10.2. The number of amides is 2. The lowest BCUT2D eigenvalue weighted by atomic mass is 10.1. The molecule has 2 heterocycles. The molecule has 5 nitrogen and oxygen atoms in total. The van der Waals surface area contributed by atoms with Gasteiger partial charge in [-0.05, 0) is 25.8 Å². The predicted molar refractivity (Wildman–Crippen MR) is 64.5 cm³/mol. The van der Waals surface area contributed by atoms with E-state index >= 15 is 0 Å². The van der Waals surface area contributed by atoms with Crippen molar-refractivity contribution in [3.63, 3.8) is 0 Å². The Balaban J connectivity index is 1.74. The molecule has 17 heavy (non-hydrogen) atoms. The van der Waals surface area contributed by atoms with Crippen LogP contribution in [0.3, 0.4) is 0 Å². The number of carbonyl (C=O) groups excluding carboxylic acids is 2. The fourth-order valence-corrected chi connectivity index (χ4v) is 2.46. The van der Waals surface area contributed by atoms with E-state index in [0.29, 0.717) is 6.42 Å². The number of hydrogen-bond donors (Lipinski definition) is 2. The van der Waals surface area contributed by atoms with E-state index < -0.39 is 0 Å². The molecule has 2 saturated heterocycles. The lowest BCUT2D eigenvalue weighted by Crippen LogP contribution is -2.45. The Bertz CT molecular complexity index is 285. The Morgan fingerprint density at radius 3 is 3.06 bits per heavy atom. The molecule has 2 rings (SSSR count). The van der Waals surface area contributed by atoms with Gasteiger partial charge in [-0.1, -0.05) is 6.42 Å². The van der Waals surface area contributed by atoms with Crippen molar-refractivity contribution in [2.45, 2.75) is 38.1 Å². The van der Waals surface area contributed by atoms with Crippen LogP contribution in [-0.4, -0.2) is 48.9 Å². The van der Waals surface area contributed by atoms with Crippen molar-refractivity contribution in [2.75, 3.05) is 26.2 Å². The van der Waals surface area contributed by atoms with E-state index in [1.54, 1.807) is 4.90 Å². The molecule has 2 amide bonds. The van der Waals surface area contributed by atoms with Gasteiger partial charge in [-0.25, -0.2) is 0 Å². The highest BCUT2D eigenvalue weighted by molar-refractivity contribution is 5.85. The Labute approximate surface area is 102 Å². The first-order valence-corrected chi connectivity index (χ1v) is 6.53. The third-order valence-electron chi connectivity index (χ3n) is 3.42. The predicted octanol–water partition coefficient (Wildman–Crippen LogP) is -0.133. The second kappa shape index (κ2) is 6.00. The van der Waals surface area contributed by atoms with Crippen LogP contribution < -0.4 is 10.6 Å². The molecule has 1 unspecified atom stereocenters. The van der Waals surface area contributed by atoms with Gasteiger partial charge < -0.3 is 15.5 Å². The molecule has 1 atom stereocenters. The highest BCUT2D eigenvalue weighted by Gasteiger charge is 2.23. The van der Waals surface area contributed by atoms with Crippen LogP contribution >= 0.6 is 0 Å². The van der Waals surface area contributed by atoms with Crippen LogP contribution in [0.1, 0.15) is 32.1 Å². The van der Waals surface area contributed by atoms with Crippen LogP contribution in [0.25, 0.3) is 0 Å². The van der Waals surface area contributed by atoms with E-state index in [1.165, 1.54) is 6.42 Å². The highest BCUT2D eigenvalue weighted by Crippen LogP contribution is 2.09. The standard InChI is InChI=1S/C12H21N3O2/c16-11(9-15-7-3-5-12(15)17)14-10-4-1-2-6-13-8-10/h10,13H,1-9H2,(H,14,16). The topological polar surface area (TPSA) is 61.4 Å². The maximum atomic E-state index is 11.8. The summed E-state index contributed by atoms with van der Waals surface area (Å²) in [7, 11) is 0. The van der Waals surface area contributed by atoms with E-state index in [0.717, 1.165) is 38.9 Å². The molecule has 0 aromatic rings. The molecule has 0 saturated carbocycles. The van der Waals surface area contributed by atoms with E-state index in [1.807, 2.05) is 0 Å². The van der Waals surface area contributed by atoms with Crippen LogP contribution in [0, 0.1) is 0 Å². The Kier molecular flexibility index (Phi) is 4.36. The molecular formula is C12H21N3O2. The van der Waals surface area contributed by atoms with Gasteiger partial charge in [0, 0.05) is 25.6 Å². The van der Waals surface area contributed by atoms with E-state index in [-0.39, 0.29) is 24.4 Å². The number of nitrogens with one attached hydrogen (secondary N) is 2. The average Bonchev–Trinajstić information content (AvgIpc) is 2.55. The monoisotopic (exact) mass is 239 g/mol. The van der Waals surface area contributed by atoms with Gasteiger partial charge in [-0.15, -0.1) is 0 Å². The van der Waals surface area contributed by atoms with Crippen molar-refractivity contribution < 1.29 is 9.59 Å². The summed E-state index contributed by atoms with van der Waals surface area (Å²) in [5, 5.41) is 6.32. The van der Waals surface area contributed by atoms with Gasteiger partial charge in [0.15, 0.2) is 0 Å². The smallest absolute Gasteiger partial charge is 0.239 e. The van der Waals surface area contributed by atoms with Gasteiger partial charge in [0.25, 0.3) is 0 Å². The SMILES string of the molecule is O=C(CN1CCCC1=O)NC1CCCCNC1. The molecule has 2 N–H and O–H groups in total. The number of nitrogens with zero attached hydrogens (tertiary/aromatic N) is 1. The number of carbonyl (C=O) groups is 2. The fraction of sp³-hybridized carbons (Fsp3) is 0.833. The maximum Gasteiger partial charge on any atom is 0.239 e.